The number of ether oxygens (including phenoxy) is 1. The summed E-state index contributed by atoms with van der Waals surface area (Å²) >= 11 is 0. The van der Waals surface area contributed by atoms with Crippen LogP contribution in [0.2, 0.25) is 0 Å². The van der Waals surface area contributed by atoms with Gasteiger partial charge in [-0.05, 0) is 43.1 Å². The van der Waals surface area contributed by atoms with Gasteiger partial charge in [-0.25, -0.2) is 0 Å². The molecule has 2 heterocycles. The Morgan fingerprint density at radius 2 is 1.75 bits per heavy atom. The number of aromatic nitrogens is 1. The molecule has 0 aliphatic carbocycles. The van der Waals surface area contributed by atoms with Crippen LogP contribution in [0.4, 0.5) is 0 Å². The molecule has 24 heavy (non-hydrogen) atoms. The van der Waals surface area contributed by atoms with Gasteiger partial charge in [0.15, 0.2) is 0 Å². The van der Waals surface area contributed by atoms with E-state index in [0.29, 0.717) is 6.61 Å². The lowest BCUT2D eigenvalue weighted by Crippen LogP contribution is -2.16. The molecule has 4 rings (SSSR count). The molecule has 0 bridgehead atoms. The van der Waals surface area contributed by atoms with Crippen LogP contribution in [0.25, 0.3) is 22.0 Å². The van der Waals surface area contributed by atoms with E-state index in [1.165, 1.54) is 33.3 Å². The normalized spacial score (nSPS) is 13.9. The number of benzene rings is 2. The highest BCUT2D eigenvalue weighted by Gasteiger charge is 2.18. The predicted molar refractivity (Wildman–Crippen MR) is 102 cm³/mol. The first kappa shape index (κ1) is 16.9. The van der Waals surface area contributed by atoms with Gasteiger partial charge in [-0.2, -0.15) is 0 Å². The number of aromatic amines is 1. The van der Waals surface area contributed by atoms with E-state index >= 15 is 0 Å². The molecule has 0 spiro atoms. The number of hydrogen-bond acceptors (Lipinski definition) is 2. The molecule has 2 aromatic carbocycles. The average Bonchev–Trinajstić information content (AvgIpc) is 2.78. The van der Waals surface area contributed by atoms with E-state index in [2.05, 4.69) is 46.7 Å². The van der Waals surface area contributed by atoms with Crippen LogP contribution >= 0.6 is 12.4 Å². The van der Waals surface area contributed by atoms with Gasteiger partial charge in [-0.15, -0.1) is 12.4 Å². The van der Waals surface area contributed by atoms with Gasteiger partial charge in [0.25, 0.3) is 0 Å². The first-order valence-electron chi connectivity index (χ1n) is 8.44. The predicted octanol–water partition coefficient (Wildman–Crippen LogP) is 4.34. The maximum absolute atomic E-state index is 5.86. The van der Waals surface area contributed by atoms with Gasteiger partial charge < -0.3 is 15.0 Å². The largest absolute Gasteiger partial charge is 0.493 e. The molecule has 3 nitrogen and oxygen atoms in total. The quantitative estimate of drug-likeness (QED) is 0.742. The van der Waals surface area contributed by atoms with E-state index in [9.17, 15) is 0 Å². The van der Waals surface area contributed by atoms with Crippen LogP contribution in [0.1, 0.15) is 18.2 Å². The topological polar surface area (TPSA) is 37.0 Å². The number of rotatable bonds is 3. The summed E-state index contributed by atoms with van der Waals surface area (Å²) in [6, 6.07) is 14.9. The Kier molecular flexibility index (Phi) is 5.12. The molecule has 1 aliphatic rings. The Bertz CT molecular complexity index is 841. The van der Waals surface area contributed by atoms with Crippen molar-refractivity contribution < 1.29 is 4.74 Å². The molecule has 0 fully saturated rings. The van der Waals surface area contributed by atoms with Crippen molar-refractivity contribution in [2.75, 3.05) is 19.7 Å². The average molecular weight is 343 g/mol. The second kappa shape index (κ2) is 7.29. The van der Waals surface area contributed by atoms with Gasteiger partial charge in [0.2, 0.25) is 0 Å². The smallest absolute Gasteiger partial charge is 0.127 e. The van der Waals surface area contributed by atoms with Crippen LogP contribution in [-0.2, 0) is 12.8 Å². The molecule has 4 heteroatoms. The molecular formula is C20H23ClN2O. The molecule has 0 saturated carbocycles. The number of nitrogens with one attached hydrogen (secondary N) is 2. The third kappa shape index (κ3) is 2.90. The summed E-state index contributed by atoms with van der Waals surface area (Å²) in [7, 11) is 0. The van der Waals surface area contributed by atoms with Crippen molar-refractivity contribution in [1.29, 1.82) is 0 Å². The summed E-state index contributed by atoms with van der Waals surface area (Å²) in [5.41, 5.74) is 6.53. The van der Waals surface area contributed by atoms with Gasteiger partial charge in [0.1, 0.15) is 5.75 Å². The fraction of sp³-hybridized carbons (Fsp3) is 0.300. The number of halogens is 1. The summed E-state index contributed by atoms with van der Waals surface area (Å²) < 4.78 is 5.86. The lowest BCUT2D eigenvalue weighted by molar-refractivity contribution is 0.341. The summed E-state index contributed by atoms with van der Waals surface area (Å²) in [6.45, 7) is 4.81. The van der Waals surface area contributed by atoms with Crippen LogP contribution in [0.3, 0.4) is 0 Å². The van der Waals surface area contributed by atoms with Gasteiger partial charge in [0, 0.05) is 35.1 Å². The molecule has 126 valence electrons. The number of hydrogen-bond donors (Lipinski definition) is 2. The summed E-state index contributed by atoms with van der Waals surface area (Å²) in [5.74, 6) is 0.962. The van der Waals surface area contributed by atoms with E-state index in [4.69, 9.17) is 4.74 Å². The summed E-state index contributed by atoms with van der Waals surface area (Å²) in [6.07, 6.45) is 2.14. The molecule has 1 aromatic heterocycles. The number of para-hydroxylation sites is 1. The Labute approximate surface area is 148 Å². The second-order valence-electron chi connectivity index (χ2n) is 5.99. The summed E-state index contributed by atoms with van der Waals surface area (Å²) in [4.78, 5) is 3.64. The third-order valence-electron chi connectivity index (χ3n) is 4.60. The number of fused-ring (bicyclic) bond motifs is 3. The minimum atomic E-state index is 0. The lowest BCUT2D eigenvalue weighted by atomic mass is 9.96. The van der Waals surface area contributed by atoms with E-state index in [-0.39, 0.29) is 12.4 Å². The maximum atomic E-state index is 5.86. The third-order valence-corrected chi connectivity index (χ3v) is 4.60. The highest BCUT2D eigenvalue weighted by atomic mass is 35.5. The Morgan fingerprint density at radius 3 is 2.62 bits per heavy atom. The molecule has 0 amide bonds. The Balaban J connectivity index is 0.00000169. The standard InChI is InChI=1S/C20H22N2O.ClH/c1-2-23-19-9-4-3-6-14(19)15-7-5-8-18-20(15)16-10-12-21-13-11-17(16)22-18;/h3-9,21-22H,2,10-13H2,1H3;1H. The van der Waals surface area contributed by atoms with Crippen molar-refractivity contribution in [3.8, 4) is 16.9 Å². The zero-order valence-corrected chi connectivity index (χ0v) is 14.7. The van der Waals surface area contributed by atoms with Crippen LogP contribution in [-0.4, -0.2) is 24.7 Å². The van der Waals surface area contributed by atoms with Crippen LogP contribution in [0.15, 0.2) is 42.5 Å². The minimum absolute atomic E-state index is 0. The Morgan fingerprint density at radius 1 is 0.958 bits per heavy atom. The molecular weight excluding hydrogens is 320 g/mol. The monoisotopic (exact) mass is 342 g/mol. The highest BCUT2D eigenvalue weighted by Crippen LogP contribution is 2.38. The van der Waals surface area contributed by atoms with Crippen molar-refractivity contribution in [3.05, 3.63) is 53.7 Å². The van der Waals surface area contributed by atoms with Gasteiger partial charge >= 0.3 is 0 Å². The Hall–Kier alpha value is -1.97. The zero-order valence-electron chi connectivity index (χ0n) is 13.9. The molecule has 0 atom stereocenters. The van der Waals surface area contributed by atoms with E-state index < -0.39 is 0 Å². The molecule has 1 aliphatic heterocycles. The molecule has 0 unspecified atom stereocenters. The van der Waals surface area contributed by atoms with Gasteiger partial charge in [-0.1, -0.05) is 30.3 Å². The fourth-order valence-electron chi connectivity index (χ4n) is 3.61. The molecule has 0 radical (unpaired) electrons. The zero-order chi connectivity index (χ0) is 15.6. The minimum Gasteiger partial charge on any atom is -0.493 e. The van der Waals surface area contributed by atoms with Crippen molar-refractivity contribution in [3.63, 3.8) is 0 Å². The summed E-state index contributed by atoms with van der Waals surface area (Å²) in [5, 5.41) is 4.85. The van der Waals surface area contributed by atoms with Crippen molar-refractivity contribution in [2.45, 2.75) is 19.8 Å². The van der Waals surface area contributed by atoms with Gasteiger partial charge in [0.05, 0.1) is 6.61 Å². The first-order chi connectivity index (χ1) is 11.4. The molecule has 3 aromatic rings. The molecule has 0 saturated heterocycles. The fourth-order valence-corrected chi connectivity index (χ4v) is 3.61. The van der Waals surface area contributed by atoms with Crippen LogP contribution in [0.5, 0.6) is 5.75 Å². The lowest BCUT2D eigenvalue weighted by Gasteiger charge is -2.12. The molecule has 2 N–H and O–H groups in total. The SMILES string of the molecule is CCOc1ccccc1-c1cccc2[nH]c3c(c12)CCNCC3.Cl. The number of H-pyrrole nitrogens is 1. The van der Waals surface area contributed by atoms with Crippen molar-refractivity contribution >= 4 is 23.3 Å². The van der Waals surface area contributed by atoms with Crippen molar-refractivity contribution in [2.24, 2.45) is 0 Å². The maximum Gasteiger partial charge on any atom is 0.127 e. The van der Waals surface area contributed by atoms with E-state index in [1.54, 1.807) is 0 Å². The van der Waals surface area contributed by atoms with Crippen LogP contribution in [0, 0.1) is 0 Å². The highest BCUT2D eigenvalue weighted by molar-refractivity contribution is 5.99. The van der Waals surface area contributed by atoms with Crippen LogP contribution < -0.4 is 10.1 Å². The first-order valence-corrected chi connectivity index (χ1v) is 8.44. The van der Waals surface area contributed by atoms with E-state index in [0.717, 1.165) is 31.7 Å². The van der Waals surface area contributed by atoms with Crippen molar-refractivity contribution in [1.82, 2.24) is 10.3 Å². The van der Waals surface area contributed by atoms with E-state index in [1.807, 2.05) is 13.0 Å². The van der Waals surface area contributed by atoms with Gasteiger partial charge in [-0.3, -0.25) is 0 Å². The second-order valence-corrected chi connectivity index (χ2v) is 5.99.